The number of nitrogens with zero attached hydrogens (tertiary/aromatic N) is 1. The third kappa shape index (κ3) is 1.85. The van der Waals surface area contributed by atoms with Crippen molar-refractivity contribution in [3.05, 3.63) is 24.4 Å². The van der Waals surface area contributed by atoms with Crippen LogP contribution in [0.25, 0.3) is 0 Å². The van der Waals surface area contributed by atoms with Gasteiger partial charge in [-0.15, -0.1) is 0 Å². The van der Waals surface area contributed by atoms with E-state index < -0.39 is 6.49 Å². The fraction of sp³-hybridized carbons (Fsp3) is 0. The van der Waals surface area contributed by atoms with Crippen molar-refractivity contribution in [2.75, 3.05) is 0 Å². The maximum absolute atomic E-state index is 8.91. The van der Waals surface area contributed by atoms with E-state index in [0.717, 1.165) is 0 Å². The molecule has 0 saturated heterocycles. The average Bonchev–Trinajstić information content (AvgIpc) is 1.88. The minimum absolute atomic E-state index is 0.185. The monoisotopic (exact) mass is 175 g/mol. The van der Waals surface area contributed by atoms with E-state index in [-0.39, 0.29) is 5.44 Å². The van der Waals surface area contributed by atoms with Crippen LogP contribution in [-0.4, -0.2) is 14.8 Å². The standard InChI is InChI=1S/C5H6NO2PS/c7-9(8,10)5-3-1-2-4-6-5/h1-4H,(H2,7,8,10). The van der Waals surface area contributed by atoms with Crippen molar-refractivity contribution in [1.82, 2.24) is 4.98 Å². The van der Waals surface area contributed by atoms with Gasteiger partial charge in [0.1, 0.15) is 5.44 Å². The van der Waals surface area contributed by atoms with Crippen LogP contribution in [0.2, 0.25) is 0 Å². The molecule has 0 saturated carbocycles. The lowest BCUT2D eigenvalue weighted by atomic mass is 10.5. The second kappa shape index (κ2) is 2.76. The number of pyridine rings is 1. The first-order chi connectivity index (χ1) is 4.61. The van der Waals surface area contributed by atoms with Crippen LogP contribution in [0.4, 0.5) is 0 Å². The fourth-order valence-electron chi connectivity index (χ4n) is 0.526. The first-order valence-electron chi connectivity index (χ1n) is 2.58. The summed E-state index contributed by atoms with van der Waals surface area (Å²) in [5, 5.41) is 0. The van der Waals surface area contributed by atoms with Crippen molar-refractivity contribution >= 4 is 23.7 Å². The smallest absolute Gasteiger partial charge is 0.232 e. The predicted octanol–water partition coefficient (Wildman–Crippen LogP) is 0.001000. The average molecular weight is 175 g/mol. The fourth-order valence-corrected chi connectivity index (χ4v) is 1.35. The van der Waals surface area contributed by atoms with Crippen molar-refractivity contribution in [1.29, 1.82) is 0 Å². The van der Waals surface area contributed by atoms with Crippen LogP contribution in [0.1, 0.15) is 0 Å². The number of hydrogen-bond donors (Lipinski definition) is 2. The molecule has 0 spiro atoms. The zero-order valence-electron chi connectivity index (χ0n) is 5.01. The van der Waals surface area contributed by atoms with Gasteiger partial charge >= 0.3 is 0 Å². The van der Waals surface area contributed by atoms with Gasteiger partial charge in [-0.2, -0.15) is 0 Å². The van der Waals surface area contributed by atoms with Crippen molar-refractivity contribution < 1.29 is 9.79 Å². The third-order valence-corrected chi connectivity index (χ3v) is 2.37. The Morgan fingerprint density at radius 2 is 2.10 bits per heavy atom. The van der Waals surface area contributed by atoms with Gasteiger partial charge in [-0.1, -0.05) is 6.07 Å². The van der Waals surface area contributed by atoms with Gasteiger partial charge < -0.3 is 9.79 Å². The Balaban J connectivity index is 3.09. The molecule has 54 valence electrons. The zero-order chi connectivity index (χ0) is 7.61. The molecule has 1 aromatic rings. The van der Waals surface area contributed by atoms with Gasteiger partial charge in [-0.3, -0.25) is 4.98 Å². The summed E-state index contributed by atoms with van der Waals surface area (Å²) in [5.74, 6) is 0. The molecular formula is C5H6NO2PS. The van der Waals surface area contributed by atoms with Gasteiger partial charge in [0.05, 0.1) is 0 Å². The summed E-state index contributed by atoms with van der Waals surface area (Å²) in [4.78, 5) is 21.5. The molecule has 3 nitrogen and oxygen atoms in total. The Morgan fingerprint density at radius 3 is 2.40 bits per heavy atom. The van der Waals surface area contributed by atoms with Crippen molar-refractivity contribution in [2.24, 2.45) is 0 Å². The van der Waals surface area contributed by atoms with Crippen LogP contribution in [0.15, 0.2) is 24.4 Å². The Kier molecular flexibility index (Phi) is 2.16. The third-order valence-electron chi connectivity index (χ3n) is 0.948. The molecular weight excluding hydrogens is 169 g/mol. The van der Waals surface area contributed by atoms with Crippen LogP contribution in [0.5, 0.6) is 0 Å². The molecule has 0 aliphatic carbocycles. The number of rotatable bonds is 1. The van der Waals surface area contributed by atoms with Crippen LogP contribution >= 0.6 is 6.49 Å². The maximum atomic E-state index is 8.91. The zero-order valence-corrected chi connectivity index (χ0v) is 6.72. The van der Waals surface area contributed by atoms with Crippen LogP contribution < -0.4 is 5.44 Å². The van der Waals surface area contributed by atoms with Crippen LogP contribution in [0, 0.1) is 0 Å². The van der Waals surface area contributed by atoms with E-state index in [1.54, 1.807) is 12.1 Å². The molecule has 2 N–H and O–H groups in total. The van der Waals surface area contributed by atoms with Crippen molar-refractivity contribution in [2.45, 2.75) is 0 Å². The topological polar surface area (TPSA) is 53.4 Å². The molecule has 0 aromatic carbocycles. The molecule has 0 aliphatic heterocycles. The van der Waals surface area contributed by atoms with Gasteiger partial charge in [0.15, 0.2) is 0 Å². The second-order valence-corrected chi connectivity index (χ2v) is 4.81. The van der Waals surface area contributed by atoms with E-state index in [2.05, 4.69) is 16.8 Å². The minimum atomic E-state index is -3.30. The van der Waals surface area contributed by atoms with Gasteiger partial charge in [0, 0.05) is 6.20 Å². The summed E-state index contributed by atoms with van der Waals surface area (Å²) in [5.41, 5.74) is 0.185. The van der Waals surface area contributed by atoms with Crippen molar-refractivity contribution in [3.8, 4) is 0 Å². The SMILES string of the molecule is OP(O)(=S)c1ccccn1. The molecule has 10 heavy (non-hydrogen) atoms. The maximum Gasteiger partial charge on any atom is 0.232 e. The lowest BCUT2D eigenvalue weighted by molar-refractivity contribution is 0.492. The van der Waals surface area contributed by atoms with Crippen LogP contribution in [-0.2, 0) is 11.8 Å². The van der Waals surface area contributed by atoms with E-state index >= 15 is 0 Å². The summed E-state index contributed by atoms with van der Waals surface area (Å²) < 4.78 is 0. The molecule has 0 radical (unpaired) electrons. The Hall–Kier alpha value is -0.280. The summed E-state index contributed by atoms with van der Waals surface area (Å²) in [6.07, 6.45) is 1.48. The Bertz CT molecular complexity index is 258. The highest BCUT2D eigenvalue weighted by atomic mass is 32.5. The molecule has 0 aliphatic rings. The van der Waals surface area contributed by atoms with E-state index in [9.17, 15) is 0 Å². The van der Waals surface area contributed by atoms with E-state index in [1.165, 1.54) is 12.3 Å². The molecule has 1 heterocycles. The van der Waals surface area contributed by atoms with E-state index in [4.69, 9.17) is 9.79 Å². The summed E-state index contributed by atoms with van der Waals surface area (Å²) in [6, 6.07) is 4.85. The first-order valence-corrected chi connectivity index (χ1v) is 5.28. The molecule has 0 bridgehead atoms. The normalized spacial score (nSPS) is 11.4. The van der Waals surface area contributed by atoms with Crippen LogP contribution in [0.3, 0.4) is 0 Å². The van der Waals surface area contributed by atoms with Gasteiger partial charge in [-0.25, -0.2) is 0 Å². The minimum Gasteiger partial charge on any atom is -0.341 e. The quantitative estimate of drug-likeness (QED) is 0.590. The highest BCUT2D eigenvalue weighted by Crippen LogP contribution is 2.31. The lowest BCUT2D eigenvalue weighted by Crippen LogP contribution is -2.06. The highest BCUT2D eigenvalue weighted by Gasteiger charge is 2.10. The highest BCUT2D eigenvalue weighted by molar-refractivity contribution is 8.12. The first kappa shape index (κ1) is 7.82. The molecule has 1 aromatic heterocycles. The van der Waals surface area contributed by atoms with E-state index in [1.807, 2.05) is 0 Å². The molecule has 1 rings (SSSR count). The molecule has 0 atom stereocenters. The molecule has 0 unspecified atom stereocenters. The Morgan fingerprint density at radius 1 is 1.40 bits per heavy atom. The van der Waals surface area contributed by atoms with E-state index in [0.29, 0.717) is 0 Å². The summed E-state index contributed by atoms with van der Waals surface area (Å²) in [7, 11) is 0. The Labute approximate surface area is 63.5 Å². The summed E-state index contributed by atoms with van der Waals surface area (Å²) in [6.45, 7) is -3.30. The largest absolute Gasteiger partial charge is 0.341 e. The molecule has 0 fully saturated rings. The molecule has 5 heteroatoms. The van der Waals surface area contributed by atoms with Gasteiger partial charge in [0.2, 0.25) is 6.49 Å². The van der Waals surface area contributed by atoms with Crippen molar-refractivity contribution in [3.63, 3.8) is 0 Å². The predicted molar refractivity (Wildman–Crippen MR) is 42.6 cm³/mol. The number of hydrogen-bond acceptors (Lipinski definition) is 2. The molecule has 0 amide bonds. The number of aromatic nitrogens is 1. The lowest BCUT2D eigenvalue weighted by Gasteiger charge is -2.03. The van der Waals surface area contributed by atoms with Gasteiger partial charge in [-0.05, 0) is 23.9 Å². The summed E-state index contributed by atoms with van der Waals surface area (Å²) >= 11 is 4.41. The second-order valence-electron chi connectivity index (χ2n) is 1.73. The van der Waals surface area contributed by atoms with Gasteiger partial charge in [0.25, 0.3) is 0 Å².